The maximum atomic E-state index is 10.4. The second kappa shape index (κ2) is 6.21. The molecule has 2 heteroatoms. The van der Waals surface area contributed by atoms with E-state index in [0.29, 0.717) is 5.76 Å². The fourth-order valence-corrected chi connectivity index (χ4v) is 2.09. The minimum absolute atomic E-state index is 0.581. The Labute approximate surface area is 114 Å². The fraction of sp³-hybridized carbons (Fsp3) is 0.176. The normalized spacial score (nSPS) is 13.6. The predicted molar refractivity (Wildman–Crippen MR) is 77.4 cm³/mol. The molecule has 0 heterocycles. The quantitative estimate of drug-likeness (QED) is 0.841. The van der Waals surface area contributed by atoms with Crippen LogP contribution in [0.2, 0.25) is 0 Å². The molecule has 0 radical (unpaired) electrons. The van der Waals surface area contributed by atoms with Crippen LogP contribution in [0.3, 0.4) is 0 Å². The molecule has 0 bridgehead atoms. The van der Waals surface area contributed by atoms with Crippen molar-refractivity contribution in [2.24, 2.45) is 0 Å². The molecular formula is C17H18O2. The lowest BCUT2D eigenvalue weighted by molar-refractivity contribution is 0.131. The first-order chi connectivity index (χ1) is 9.24. The largest absolute Gasteiger partial charge is 0.498 e. The summed E-state index contributed by atoms with van der Waals surface area (Å²) < 4.78 is 5.41. The first kappa shape index (κ1) is 13.4. The Balaban J connectivity index is 2.39. The number of ether oxygens (including phenoxy) is 1. The lowest BCUT2D eigenvalue weighted by Crippen LogP contribution is -2.05. The molecule has 0 aliphatic rings. The molecule has 2 aromatic carbocycles. The van der Waals surface area contributed by atoms with Crippen LogP contribution >= 0.6 is 0 Å². The summed E-state index contributed by atoms with van der Waals surface area (Å²) in [6.45, 7) is 1.96. The van der Waals surface area contributed by atoms with Crippen LogP contribution in [0.1, 0.15) is 24.2 Å². The van der Waals surface area contributed by atoms with Gasteiger partial charge < -0.3 is 9.84 Å². The summed E-state index contributed by atoms with van der Waals surface area (Å²) >= 11 is 0. The number of rotatable bonds is 4. The van der Waals surface area contributed by atoms with Gasteiger partial charge in [0.25, 0.3) is 0 Å². The second-order valence-electron chi connectivity index (χ2n) is 4.37. The molecule has 1 unspecified atom stereocenters. The molecule has 0 aliphatic heterocycles. The minimum Gasteiger partial charge on any atom is -0.498 e. The smallest absolute Gasteiger partial charge is 0.136 e. The van der Waals surface area contributed by atoms with E-state index in [1.807, 2.05) is 67.6 Å². The number of hydrogen-bond acceptors (Lipinski definition) is 2. The van der Waals surface area contributed by atoms with Gasteiger partial charge in [0, 0.05) is 0 Å². The molecule has 0 spiro atoms. The van der Waals surface area contributed by atoms with Gasteiger partial charge in [-0.3, -0.25) is 0 Å². The lowest BCUT2D eigenvalue weighted by Gasteiger charge is -2.17. The summed E-state index contributed by atoms with van der Waals surface area (Å²) in [6.07, 6.45) is -0.744. The predicted octanol–water partition coefficient (Wildman–Crippen LogP) is 3.80. The lowest BCUT2D eigenvalue weighted by atomic mass is 10.0. The average molecular weight is 254 g/mol. The minimum atomic E-state index is -0.744. The van der Waals surface area contributed by atoms with Crippen molar-refractivity contribution in [1.82, 2.24) is 0 Å². The maximum Gasteiger partial charge on any atom is 0.136 e. The van der Waals surface area contributed by atoms with E-state index in [1.165, 1.54) is 0 Å². The number of methoxy groups -OCH3 is 1. The fourth-order valence-electron chi connectivity index (χ4n) is 2.09. The van der Waals surface area contributed by atoms with Gasteiger partial charge >= 0.3 is 0 Å². The van der Waals surface area contributed by atoms with Gasteiger partial charge in [-0.1, -0.05) is 60.7 Å². The Kier molecular flexibility index (Phi) is 4.37. The molecule has 98 valence electrons. The Morgan fingerprint density at radius 3 is 2.00 bits per heavy atom. The summed E-state index contributed by atoms with van der Waals surface area (Å²) in [5, 5.41) is 10.4. The van der Waals surface area contributed by atoms with Gasteiger partial charge in [0.05, 0.1) is 7.11 Å². The van der Waals surface area contributed by atoms with Gasteiger partial charge in [0.2, 0.25) is 0 Å². The standard InChI is InChI=1S/C17H18O2/c1-13(14-9-5-3-6-10-14)17(19-2)16(18)15-11-7-4-8-12-15/h3-12,16,18H,1-2H3/b17-13+. The molecule has 2 aromatic rings. The van der Waals surface area contributed by atoms with Crippen molar-refractivity contribution in [3.05, 3.63) is 77.5 Å². The van der Waals surface area contributed by atoms with Crippen molar-refractivity contribution in [2.75, 3.05) is 7.11 Å². The average Bonchev–Trinajstić information content (AvgIpc) is 2.49. The first-order valence-electron chi connectivity index (χ1n) is 6.27. The van der Waals surface area contributed by atoms with Gasteiger partial charge in [0.15, 0.2) is 0 Å². The Morgan fingerprint density at radius 2 is 1.47 bits per heavy atom. The third kappa shape index (κ3) is 3.04. The van der Waals surface area contributed by atoms with Gasteiger partial charge in [-0.15, -0.1) is 0 Å². The van der Waals surface area contributed by atoms with Crippen LogP contribution in [-0.2, 0) is 4.74 Å². The van der Waals surface area contributed by atoms with Gasteiger partial charge in [0.1, 0.15) is 11.9 Å². The van der Waals surface area contributed by atoms with E-state index in [9.17, 15) is 5.11 Å². The van der Waals surface area contributed by atoms with Crippen molar-refractivity contribution in [3.8, 4) is 0 Å². The summed E-state index contributed by atoms with van der Waals surface area (Å²) in [5.74, 6) is 0.581. The van der Waals surface area contributed by atoms with Crippen LogP contribution in [-0.4, -0.2) is 12.2 Å². The van der Waals surface area contributed by atoms with Gasteiger partial charge in [-0.25, -0.2) is 0 Å². The molecule has 0 saturated carbocycles. The third-order valence-corrected chi connectivity index (χ3v) is 3.16. The van der Waals surface area contributed by atoms with Crippen LogP contribution in [0.4, 0.5) is 0 Å². The van der Waals surface area contributed by atoms with Crippen molar-refractivity contribution < 1.29 is 9.84 Å². The Bertz CT molecular complexity index is 544. The van der Waals surface area contributed by atoms with Crippen molar-refractivity contribution in [1.29, 1.82) is 0 Å². The van der Waals surface area contributed by atoms with Gasteiger partial charge in [-0.2, -0.15) is 0 Å². The monoisotopic (exact) mass is 254 g/mol. The highest BCUT2D eigenvalue weighted by atomic mass is 16.5. The maximum absolute atomic E-state index is 10.4. The molecule has 19 heavy (non-hydrogen) atoms. The number of benzene rings is 2. The number of aliphatic hydroxyl groups excluding tert-OH is 1. The number of aliphatic hydroxyl groups is 1. The van der Waals surface area contributed by atoms with E-state index in [-0.39, 0.29) is 0 Å². The molecular weight excluding hydrogens is 236 g/mol. The zero-order chi connectivity index (χ0) is 13.7. The van der Waals surface area contributed by atoms with Crippen molar-refractivity contribution >= 4 is 5.57 Å². The topological polar surface area (TPSA) is 29.5 Å². The summed E-state index contributed by atoms with van der Waals surface area (Å²) in [4.78, 5) is 0. The number of allylic oxidation sites excluding steroid dienone is 1. The highest BCUT2D eigenvalue weighted by Gasteiger charge is 2.17. The molecule has 2 nitrogen and oxygen atoms in total. The molecule has 1 atom stereocenters. The van der Waals surface area contributed by atoms with E-state index in [0.717, 1.165) is 16.7 Å². The molecule has 0 saturated heterocycles. The molecule has 1 N–H and O–H groups in total. The molecule has 2 rings (SSSR count). The number of hydrogen-bond donors (Lipinski definition) is 1. The molecule has 0 amide bonds. The molecule has 0 aromatic heterocycles. The zero-order valence-electron chi connectivity index (χ0n) is 11.2. The first-order valence-corrected chi connectivity index (χ1v) is 6.27. The summed E-state index contributed by atoms with van der Waals surface area (Å²) in [6, 6.07) is 19.4. The van der Waals surface area contributed by atoms with Crippen LogP contribution in [0.5, 0.6) is 0 Å². The van der Waals surface area contributed by atoms with Crippen molar-refractivity contribution in [2.45, 2.75) is 13.0 Å². The molecule has 0 aliphatic carbocycles. The SMILES string of the molecule is CO/C(=C(\C)c1ccccc1)C(O)c1ccccc1. The third-order valence-electron chi connectivity index (χ3n) is 3.16. The molecule has 0 fully saturated rings. The highest BCUT2D eigenvalue weighted by molar-refractivity contribution is 5.66. The zero-order valence-corrected chi connectivity index (χ0v) is 11.2. The summed E-state index contributed by atoms with van der Waals surface area (Å²) in [5.41, 5.74) is 2.82. The summed E-state index contributed by atoms with van der Waals surface area (Å²) in [7, 11) is 1.59. The van der Waals surface area contributed by atoms with Crippen LogP contribution in [0, 0.1) is 0 Å². The van der Waals surface area contributed by atoms with Crippen molar-refractivity contribution in [3.63, 3.8) is 0 Å². The van der Waals surface area contributed by atoms with Crippen LogP contribution in [0.25, 0.3) is 5.57 Å². The van der Waals surface area contributed by atoms with Crippen LogP contribution < -0.4 is 0 Å². The Hall–Kier alpha value is -2.06. The van der Waals surface area contributed by atoms with E-state index < -0.39 is 6.10 Å². The highest BCUT2D eigenvalue weighted by Crippen LogP contribution is 2.29. The van der Waals surface area contributed by atoms with E-state index in [1.54, 1.807) is 7.11 Å². The van der Waals surface area contributed by atoms with E-state index in [2.05, 4.69) is 0 Å². The van der Waals surface area contributed by atoms with Gasteiger partial charge in [-0.05, 0) is 23.6 Å². The van der Waals surface area contributed by atoms with E-state index in [4.69, 9.17) is 4.74 Å². The van der Waals surface area contributed by atoms with Crippen LogP contribution in [0.15, 0.2) is 66.4 Å². The Morgan fingerprint density at radius 1 is 0.947 bits per heavy atom. The second-order valence-corrected chi connectivity index (χ2v) is 4.37. The van der Waals surface area contributed by atoms with E-state index >= 15 is 0 Å².